The average molecular weight is 335 g/mol. The van der Waals surface area contributed by atoms with E-state index in [1.165, 1.54) is 0 Å². The first-order chi connectivity index (χ1) is 9.56. The van der Waals surface area contributed by atoms with Crippen molar-refractivity contribution in [2.45, 2.75) is 33.2 Å². The number of hydrogen-bond donors (Lipinski definition) is 2. The molecule has 1 atom stereocenters. The Bertz CT molecular complexity index is 586. The van der Waals surface area contributed by atoms with Crippen molar-refractivity contribution in [1.82, 2.24) is 9.97 Å². The number of anilines is 3. The van der Waals surface area contributed by atoms with Gasteiger partial charge in [0.15, 0.2) is 0 Å². The van der Waals surface area contributed by atoms with E-state index in [4.69, 9.17) is 0 Å². The molecule has 0 spiro atoms. The summed E-state index contributed by atoms with van der Waals surface area (Å²) < 4.78 is 1.02. The molecule has 1 heterocycles. The van der Waals surface area contributed by atoms with E-state index in [2.05, 4.69) is 50.4 Å². The van der Waals surface area contributed by atoms with E-state index in [1.54, 1.807) is 0 Å². The molecular formula is C15H19BrN4. The largest absolute Gasteiger partial charge is 0.367 e. The summed E-state index contributed by atoms with van der Waals surface area (Å²) in [5.41, 5.74) is 1.89. The molecule has 0 aliphatic rings. The number of aryl methyl sites for hydroxylation is 1. The second kappa shape index (κ2) is 6.70. The Labute approximate surface area is 128 Å². The van der Waals surface area contributed by atoms with Crippen molar-refractivity contribution < 1.29 is 0 Å². The van der Waals surface area contributed by atoms with Crippen LogP contribution in [-0.2, 0) is 0 Å². The molecule has 0 bridgehead atoms. The molecule has 2 N–H and O–H groups in total. The molecule has 0 saturated carbocycles. The van der Waals surface area contributed by atoms with Gasteiger partial charge in [0.25, 0.3) is 0 Å². The van der Waals surface area contributed by atoms with Crippen LogP contribution in [0.1, 0.15) is 26.0 Å². The maximum absolute atomic E-state index is 4.50. The highest BCUT2D eigenvalue weighted by Crippen LogP contribution is 2.20. The molecule has 5 heteroatoms. The molecule has 4 nitrogen and oxygen atoms in total. The quantitative estimate of drug-likeness (QED) is 0.845. The maximum atomic E-state index is 4.50. The Balaban J connectivity index is 2.19. The average Bonchev–Trinajstić information content (AvgIpc) is 2.37. The number of nitrogens with one attached hydrogen (secondary N) is 2. The molecule has 0 fully saturated rings. The number of aromatic nitrogens is 2. The SMILES string of the molecule is CCC(C)Nc1cc(C)nc(Nc2cccc(Br)c2)n1. The van der Waals surface area contributed by atoms with Crippen LogP contribution in [0.15, 0.2) is 34.8 Å². The van der Waals surface area contributed by atoms with Crippen LogP contribution in [0.2, 0.25) is 0 Å². The Morgan fingerprint density at radius 3 is 2.75 bits per heavy atom. The van der Waals surface area contributed by atoms with Crippen molar-refractivity contribution in [2.24, 2.45) is 0 Å². The molecule has 1 aromatic heterocycles. The predicted molar refractivity (Wildman–Crippen MR) is 87.6 cm³/mol. The number of nitrogens with zero attached hydrogens (tertiary/aromatic N) is 2. The van der Waals surface area contributed by atoms with Gasteiger partial charge in [-0.15, -0.1) is 0 Å². The van der Waals surface area contributed by atoms with Crippen molar-refractivity contribution in [2.75, 3.05) is 10.6 Å². The van der Waals surface area contributed by atoms with Crippen molar-refractivity contribution in [3.05, 3.63) is 40.5 Å². The number of halogens is 1. The van der Waals surface area contributed by atoms with Gasteiger partial charge in [0, 0.05) is 28.0 Å². The Morgan fingerprint density at radius 1 is 1.25 bits per heavy atom. The Kier molecular flexibility index (Phi) is 4.95. The van der Waals surface area contributed by atoms with Gasteiger partial charge in [-0.2, -0.15) is 4.98 Å². The molecule has 1 aromatic carbocycles. The molecule has 1 unspecified atom stereocenters. The van der Waals surface area contributed by atoms with Crippen molar-refractivity contribution in [3.8, 4) is 0 Å². The van der Waals surface area contributed by atoms with Gasteiger partial charge in [0.05, 0.1) is 0 Å². The molecule has 0 saturated heterocycles. The third-order valence-electron chi connectivity index (χ3n) is 2.94. The molecule has 106 valence electrons. The first-order valence-electron chi connectivity index (χ1n) is 6.71. The third-order valence-corrected chi connectivity index (χ3v) is 3.43. The fraction of sp³-hybridized carbons (Fsp3) is 0.333. The minimum atomic E-state index is 0.392. The van der Waals surface area contributed by atoms with Crippen LogP contribution in [0.5, 0.6) is 0 Å². The summed E-state index contributed by atoms with van der Waals surface area (Å²) >= 11 is 3.45. The van der Waals surface area contributed by atoms with E-state index in [0.29, 0.717) is 12.0 Å². The Hall–Kier alpha value is -1.62. The fourth-order valence-electron chi connectivity index (χ4n) is 1.75. The van der Waals surface area contributed by atoms with Crippen molar-refractivity contribution in [3.63, 3.8) is 0 Å². The lowest BCUT2D eigenvalue weighted by molar-refractivity contribution is 0.758. The summed E-state index contributed by atoms with van der Waals surface area (Å²) in [7, 11) is 0. The zero-order valence-corrected chi connectivity index (χ0v) is 13.5. The molecule has 0 amide bonds. The van der Waals surface area contributed by atoms with Gasteiger partial charge in [0.2, 0.25) is 5.95 Å². The number of benzene rings is 1. The van der Waals surface area contributed by atoms with Gasteiger partial charge >= 0.3 is 0 Å². The summed E-state index contributed by atoms with van der Waals surface area (Å²) in [5, 5.41) is 6.59. The molecule has 2 rings (SSSR count). The van der Waals surface area contributed by atoms with Crippen molar-refractivity contribution >= 4 is 33.4 Å². The van der Waals surface area contributed by atoms with Gasteiger partial charge in [-0.1, -0.05) is 28.9 Å². The van der Waals surface area contributed by atoms with Gasteiger partial charge in [-0.05, 0) is 38.5 Å². The lowest BCUT2D eigenvalue weighted by atomic mass is 10.2. The molecule has 20 heavy (non-hydrogen) atoms. The minimum Gasteiger partial charge on any atom is -0.367 e. The van der Waals surface area contributed by atoms with Crippen LogP contribution < -0.4 is 10.6 Å². The van der Waals surface area contributed by atoms with E-state index >= 15 is 0 Å². The van der Waals surface area contributed by atoms with Crippen LogP contribution in [-0.4, -0.2) is 16.0 Å². The maximum Gasteiger partial charge on any atom is 0.229 e. The fourth-order valence-corrected chi connectivity index (χ4v) is 2.15. The second-order valence-electron chi connectivity index (χ2n) is 4.81. The first kappa shape index (κ1) is 14.8. The van der Waals surface area contributed by atoms with Crippen LogP contribution in [0, 0.1) is 6.92 Å². The summed E-state index contributed by atoms with van der Waals surface area (Å²) in [6.07, 6.45) is 1.05. The molecule has 0 aliphatic carbocycles. The third kappa shape index (κ3) is 4.20. The summed E-state index contributed by atoms with van der Waals surface area (Å²) in [4.78, 5) is 8.91. The predicted octanol–water partition coefficient (Wildman–Crippen LogP) is 4.50. The normalized spacial score (nSPS) is 12.0. The highest BCUT2D eigenvalue weighted by atomic mass is 79.9. The van der Waals surface area contributed by atoms with Crippen LogP contribution in [0.4, 0.5) is 17.5 Å². The van der Waals surface area contributed by atoms with E-state index in [-0.39, 0.29) is 0 Å². The van der Waals surface area contributed by atoms with Gasteiger partial charge in [-0.3, -0.25) is 0 Å². The topological polar surface area (TPSA) is 49.8 Å². The van der Waals surface area contributed by atoms with Crippen LogP contribution in [0.25, 0.3) is 0 Å². The highest BCUT2D eigenvalue weighted by Gasteiger charge is 2.05. The second-order valence-corrected chi connectivity index (χ2v) is 5.72. The smallest absolute Gasteiger partial charge is 0.229 e. The standard InChI is InChI=1S/C15H19BrN4/c1-4-10(2)17-14-8-11(3)18-15(20-14)19-13-7-5-6-12(16)9-13/h5-10H,4H2,1-3H3,(H2,17,18,19,20). The van der Waals surface area contributed by atoms with E-state index in [1.807, 2.05) is 37.3 Å². The molecule has 0 radical (unpaired) electrons. The van der Waals surface area contributed by atoms with E-state index < -0.39 is 0 Å². The lowest BCUT2D eigenvalue weighted by Gasteiger charge is -2.14. The van der Waals surface area contributed by atoms with Crippen LogP contribution in [0.3, 0.4) is 0 Å². The minimum absolute atomic E-state index is 0.392. The number of hydrogen-bond acceptors (Lipinski definition) is 4. The van der Waals surface area contributed by atoms with E-state index in [0.717, 1.165) is 28.1 Å². The summed E-state index contributed by atoms with van der Waals surface area (Å²) in [6.45, 7) is 6.25. The Morgan fingerprint density at radius 2 is 2.05 bits per heavy atom. The zero-order chi connectivity index (χ0) is 14.5. The number of rotatable bonds is 5. The molecule has 0 aliphatic heterocycles. The summed E-state index contributed by atoms with van der Waals surface area (Å²) in [6, 6.07) is 10.3. The first-order valence-corrected chi connectivity index (χ1v) is 7.51. The van der Waals surface area contributed by atoms with Crippen LogP contribution >= 0.6 is 15.9 Å². The lowest BCUT2D eigenvalue weighted by Crippen LogP contribution is -2.15. The van der Waals surface area contributed by atoms with E-state index in [9.17, 15) is 0 Å². The van der Waals surface area contributed by atoms with Gasteiger partial charge in [-0.25, -0.2) is 4.98 Å². The van der Waals surface area contributed by atoms with Gasteiger partial charge in [0.1, 0.15) is 5.82 Å². The molecular weight excluding hydrogens is 316 g/mol. The molecule has 2 aromatic rings. The van der Waals surface area contributed by atoms with Gasteiger partial charge < -0.3 is 10.6 Å². The summed E-state index contributed by atoms with van der Waals surface area (Å²) in [5.74, 6) is 1.46. The monoisotopic (exact) mass is 334 g/mol. The zero-order valence-electron chi connectivity index (χ0n) is 11.9. The van der Waals surface area contributed by atoms with Crippen molar-refractivity contribution in [1.29, 1.82) is 0 Å². The highest BCUT2D eigenvalue weighted by molar-refractivity contribution is 9.10.